The largest absolute Gasteiger partial charge is 0.481 e. The maximum atomic E-state index is 10.6. The first-order chi connectivity index (χ1) is 4.72. The van der Waals surface area contributed by atoms with Crippen molar-refractivity contribution in [3.63, 3.8) is 0 Å². The maximum Gasteiger partial charge on any atom is 0.348 e. The second-order valence-electron chi connectivity index (χ2n) is 1.91. The van der Waals surface area contributed by atoms with E-state index in [0.29, 0.717) is 5.88 Å². The predicted octanol–water partition coefficient (Wildman–Crippen LogP) is 0.0869. The molecule has 0 aliphatic rings. The monoisotopic (exact) mass is 140 g/mol. The van der Waals surface area contributed by atoms with Gasteiger partial charge in [-0.15, -0.1) is 0 Å². The molecule has 0 fully saturated rings. The number of nitrogens with zero attached hydrogens (tertiary/aromatic N) is 1. The number of hydrogen-bond acceptors (Lipinski definition) is 3. The predicted molar refractivity (Wildman–Crippen MR) is 36.1 cm³/mol. The molecule has 0 bridgehead atoms. The molecule has 54 valence electrons. The lowest BCUT2D eigenvalue weighted by atomic mass is 10.4. The molecule has 10 heavy (non-hydrogen) atoms. The second kappa shape index (κ2) is 2.51. The van der Waals surface area contributed by atoms with E-state index in [9.17, 15) is 4.79 Å². The second-order valence-corrected chi connectivity index (χ2v) is 1.91. The highest BCUT2D eigenvalue weighted by Gasteiger charge is 1.93. The van der Waals surface area contributed by atoms with Gasteiger partial charge in [0.25, 0.3) is 0 Å². The molecule has 0 atom stereocenters. The molecule has 4 heteroatoms. The van der Waals surface area contributed by atoms with E-state index >= 15 is 0 Å². The van der Waals surface area contributed by atoms with Gasteiger partial charge in [-0.1, -0.05) is 0 Å². The Morgan fingerprint density at radius 2 is 2.40 bits per heavy atom. The van der Waals surface area contributed by atoms with Gasteiger partial charge in [-0.3, -0.25) is 0 Å². The molecule has 0 aliphatic carbocycles. The van der Waals surface area contributed by atoms with Crippen molar-refractivity contribution in [3.8, 4) is 5.88 Å². The number of rotatable bonds is 1. The average Bonchev–Trinajstić information content (AvgIpc) is 1.85. The highest BCUT2D eigenvalue weighted by atomic mass is 16.5. The van der Waals surface area contributed by atoms with Gasteiger partial charge in [-0.05, 0) is 6.92 Å². The summed E-state index contributed by atoms with van der Waals surface area (Å²) in [6.45, 7) is 1.77. The minimum Gasteiger partial charge on any atom is -0.481 e. The third-order valence-corrected chi connectivity index (χ3v) is 1.06. The molecular weight excluding hydrogens is 132 g/mol. The Kier molecular flexibility index (Phi) is 1.71. The Labute approximate surface area is 57.9 Å². The van der Waals surface area contributed by atoms with Crippen LogP contribution >= 0.6 is 0 Å². The molecule has 0 aliphatic heterocycles. The summed E-state index contributed by atoms with van der Waals surface area (Å²) >= 11 is 0. The lowest BCUT2D eigenvalue weighted by Gasteiger charge is -1.96. The van der Waals surface area contributed by atoms with E-state index < -0.39 is 0 Å². The third kappa shape index (κ3) is 1.34. The topological polar surface area (TPSA) is 55.0 Å². The van der Waals surface area contributed by atoms with Crippen LogP contribution in [-0.4, -0.2) is 17.1 Å². The number of aromatic nitrogens is 2. The van der Waals surface area contributed by atoms with Crippen molar-refractivity contribution in [2.75, 3.05) is 7.11 Å². The van der Waals surface area contributed by atoms with Gasteiger partial charge in [-0.2, -0.15) is 4.98 Å². The number of hydrogen-bond donors (Lipinski definition) is 1. The molecule has 1 heterocycles. The standard InChI is InChI=1S/C6H8N2O2/c1-4-3-5(10-2)8-6(9)7-4/h3H,1-2H3,(H,7,8,9). The molecule has 1 rings (SSSR count). The van der Waals surface area contributed by atoms with E-state index in [0.717, 1.165) is 5.69 Å². The van der Waals surface area contributed by atoms with Crippen LogP contribution < -0.4 is 10.4 Å². The number of aromatic amines is 1. The third-order valence-electron chi connectivity index (χ3n) is 1.06. The average molecular weight is 140 g/mol. The van der Waals surface area contributed by atoms with Gasteiger partial charge in [0.2, 0.25) is 5.88 Å². The Hall–Kier alpha value is -1.32. The van der Waals surface area contributed by atoms with Crippen LogP contribution in [0.4, 0.5) is 0 Å². The smallest absolute Gasteiger partial charge is 0.348 e. The van der Waals surface area contributed by atoms with E-state index in [1.54, 1.807) is 13.0 Å². The Morgan fingerprint density at radius 1 is 1.70 bits per heavy atom. The summed E-state index contributed by atoms with van der Waals surface area (Å²) in [7, 11) is 1.47. The fourth-order valence-corrected chi connectivity index (χ4v) is 0.655. The molecule has 0 spiro atoms. The fourth-order valence-electron chi connectivity index (χ4n) is 0.655. The highest BCUT2D eigenvalue weighted by molar-refractivity contribution is 5.11. The lowest BCUT2D eigenvalue weighted by Crippen LogP contribution is -2.11. The zero-order valence-corrected chi connectivity index (χ0v) is 5.84. The van der Waals surface area contributed by atoms with Crippen LogP contribution in [0.3, 0.4) is 0 Å². The van der Waals surface area contributed by atoms with Crippen molar-refractivity contribution in [1.29, 1.82) is 0 Å². The van der Waals surface area contributed by atoms with Crippen molar-refractivity contribution in [3.05, 3.63) is 22.2 Å². The van der Waals surface area contributed by atoms with E-state index in [4.69, 9.17) is 4.74 Å². The summed E-state index contributed by atoms with van der Waals surface area (Å²) < 4.78 is 4.74. The van der Waals surface area contributed by atoms with Crippen LogP contribution in [0, 0.1) is 6.92 Å². The van der Waals surface area contributed by atoms with Crippen LogP contribution in [0.2, 0.25) is 0 Å². The lowest BCUT2D eigenvalue weighted by molar-refractivity contribution is 0.394. The zero-order chi connectivity index (χ0) is 7.56. The first kappa shape index (κ1) is 6.80. The molecule has 0 saturated carbocycles. The summed E-state index contributed by atoms with van der Waals surface area (Å²) in [5.74, 6) is 0.348. The normalized spacial score (nSPS) is 9.40. The summed E-state index contributed by atoms with van der Waals surface area (Å²) in [4.78, 5) is 16.6. The maximum absolute atomic E-state index is 10.6. The minimum atomic E-state index is -0.378. The molecular formula is C6H8N2O2. The van der Waals surface area contributed by atoms with Gasteiger partial charge in [0, 0.05) is 11.8 Å². The highest BCUT2D eigenvalue weighted by Crippen LogP contribution is 2.00. The van der Waals surface area contributed by atoms with E-state index in [1.807, 2.05) is 0 Å². The van der Waals surface area contributed by atoms with Gasteiger partial charge in [0.15, 0.2) is 0 Å². The SMILES string of the molecule is COc1cc(C)[nH]c(=O)n1. The first-order valence-corrected chi connectivity index (χ1v) is 2.84. The fraction of sp³-hybridized carbons (Fsp3) is 0.333. The van der Waals surface area contributed by atoms with Crippen molar-refractivity contribution in [2.24, 2.45) is 0 Å². The molecule has 0 amide bonds. The van der Waals surface area contributed by atoms with Crippen LogP contribution in [-0.2, 0) is 0 Å². The van der Waals surface area contributed by atoms with Crippen molar-refractivity contribution < 1.29 is 4.74 Å². The van der Waals surface area contributed by atoms with Gasteiger partial charge < -0.3 is 9.72 Å². The summed E-state index contributed by atoms with van der Waals surface area (Å²) in [6.07, 6.45) is 0. The minimum absolute atomic E-state index is 0.348. The Bertz CT molecular complexity index is 279. The summed E-state index contributed by atoms with van der Waals surface area (Å²) in [6, 6.07) is 1.65. The summed E-state index contributed by atoms with van der Waals surface area (Å²) in [5.41, 5.74) is 0.369. The molecule has 1 aromatic rings. The first-order valence-electron chi connectivity index (χ1n) is 2.84. The van der Waals surface area contributed by atoms with E-state index in [1.165, 1.54) is 7.11 Å². The molecule has 0 unspecified atom stereocenters. The number of methoxy groups -OCH3 is 1. The van der Waals surface area contributed by atoms with Gasteiger partial charge in [0.05, 0.1) is 7.11 Å². The number of ether oxygens (including phenoxy) is 1. The van der Waals surface area contributed by atoms with E-state index in [-0.39, 0.29) is 5.69 Å². The number of nitrogens with one attached hydrogen (secondary N) is 1. The Balaban J connectivity index is 3.19. The number of aryl methyl sites for hydroxylation is 1. The number of H-pyrrole nitrogens is 1. The van der Waals surface area contributed by atoms with Crippen molar-refractivity contribution in [1.82, 2.24) is 9.97 Å². The zero-order valence-electron chi connectivity index (χ0n) is 5.84. The Morgan fingerprint density at radius 3 is 2.90 bits per heavy atom. The molecule has 0 radical (unpaired) electrons. The van der Waals surface area contributed by atoms with Crippen LogP contribution in [0.5, 0.6) is 5.88 Å². The van der Waals surface area contributed by atoms with E-state index in [2.05, 4.69) is 9.97 Å². The molecule has 1 N–H and O–H groups in total. The molecule has 0 aromatic carbocycles. The van der Waals surface area contributed by atoms with Crippen molar-refractivity contribution >= 4 is 0 Å². The quantitative estimate of drug-likeness (QED) is 0.601. The van der Waals surface area contributed by atoms with Crippen LogP contribution in [0.1, 0.15) is 5.69 Å². The van der Waals surface area contributed by atoms with Crippen molar-refractivity contribution in [2.45, 2.75) is 6.92 Å². The summed E-state index contributed by atoms with van der Waals surface area (Å²) in [5, 5.41) is 0. The van der Waals surface area contributed by atoms with Gasteiger partial charge in [-0.25, -0.2) is 4.79 Å². The molecule has 4 nitrogen and oxygen atoms in total. The van der Waals surface area contributed by atoms with Gasteiger partial charge >= 0.3 is 5.69 Å². The van der Waals surface area contributed by atoms with Gasteiger partial charge in [0.1, 0.15) is 0 Å². The molecule has 0 saturated heterocycles. The molecule has 1 aromatic heterocycles. The van der Waals surface area contributed by atoms with Crippen LogP contribution in [0.15, 0.2) is 10.9 Å². The van der Waals surface area contributed by atoms with Crippen LogP contribution in [0.25, 0.3) is 0 Å².